The van der Waals surface area contributed by atoms with Gasteiger partial charge in [0.15, 0.2) is 0 Å². The highest BCUT2D eigenvalue weighted by molar-refractivity contribution is 7.16. The van der Waals surface area contributed by atoms with E-state index >= 15 is 0 Å². The van der Waals surface area contributed by atoms with Crippen molar-refractivity contribution < 1.29 is 0 Å². The van der Waals surface area contributed by atoms with Crippen LogP contribution in [0.5, 0.6) is 0 Å². The molecule has 0 unspecified atom stereocenters. The van der Waals surface area contributed by atoms with E-state index in [2.05, 4.69) is 4.98 Å². The summed E-state index contributed by atoms with van der Waals surface area (Å²) in [5, 5.41) is 2.61. The van der Waals surface area contributed by atoms with Gasteiger partial charge in [0.25, 0.3) is 5.56 Å². The van der Waals surface area contributed by atoms with Gasteiger partial charge in [0.1, 0.15) is 4.83 Å². The molecule has 0 radical (unpaired) electrons. The lowest BCUT2D eigenvalue weighted by atomic mass is 10.4. The third-order valence-corrected chi connectivity index (χ3v) is 2.61. The number of aromatic nitrogens is 2. The van der Waals surface area contributed by atoms with Gasteiger partial charge < -0.3 is 0 Å². The highest BCUT2D eigenvalue weighted by Crippen LogP contribution is 2.12. The first-order valence-electron chi connectivity index (χ1n) is 3.75. The van der Waals surface area contributed by atoms with Gasteiger partial charge in [0.05, 0.1) is 11.7 Å². The van der Waals surface area contributed by atoms with Crippen molar-refractivity contribution in [2.75, 3.05) is 0 Å². The van der Waals surface area contributed by atoms with Crippen molar-refractivity contribution in [2.45, 2.75) is 13.5 Å². The fraction of sp³-hybridized carbons (Fsp3) is 0.250. The lowest BCUT2D eigenvalue weighted by Gasteiger charge is -1.98. The van der Waals surface area contributed by atoms with Gasteiger partial charge in [-0.2, -0.15) is 0 Å². The van der Waals surface area contributed by atoms with Crippen LogP contribution in [0.4, 0.5) is 0 Å². The molecule has 4 heteroatoms. The minimum absolute atomic E-state index is 0.0590. The maximum absolute atomic E-state index is 11.6. The predicted octanol–water partition coefficient (Wildman–Crippen LogP) is 1.48. The molecule has 3 nitrogen and oxygen atoms in total. The van der Waals surface area contributed by atoms with Crippen molar-refractivity contribution in [2.24, 2.45) is 0 Å². The van der Waals surface area contributed by atoms with Crippen molar-refractivity contribution in [1.29, 1.82) is 0 Å². The summed E-state index contributed by atoms with van der Waals surface area (Å²) in [5.41, 5.74) is 0.0590. The van der Waals surface area contributed by atoms with Crippen LogP contribution in [0.15, 0.2) is 22.6 Å². The molecule has 0 aliphatic carbocycles. The molecular formula is C8H8N2OS. The molecule has 0 fully saturated rings. The maximum Gasteiger partial charge on any atom is 0.262 e. The standard InChI is InChI=1S/C8H8N2OS/c1-2-10-5-9-7-6(8(10)11)3-4-12-7/h3-5H,2H2,1H3. The number of hydrogen-bond donors (Lipinski definition) is 0. The van der Waals surface area contributed by atoms with Crippen molar-refractivity contribution in [3.05, 3.63) is 28.1 Å². The Morgan fingerprint density at radius 2 is 2.50 bits per heavy atom. The van der Waals surface area contributed by atoms with E-state index in [0.717, 1.165) is 10.2 Å². The fourth-order valence-corrected chi connectivity index (χ4v) is 1.84. The Bertz CT molecular complexity index is 457. The van der Waals surface area contributed by atoms with E-state index in [1.807, 2.05) is 18.4 Å². The second-order valence-electron chi connectivity index (χ2n) is 2.48. The zero-order valence-electron chi connectivity index (χ0n) is 6.65. The summed E-state index contributed by atoms with van der Waals surface area (Å²) >= 11 is 1.50. The van der Waals surface area contributed by atoms with Gasteiger partial charge in [0.2, 0.25) is 0 Å². The Labute approximate surface area is 73.3 Å². The molecule has 2 aromatic rings. The quantitative estimate of drug-likeness (QED) is 0.666. The van der Waals surface area contributed by atoms with Crippen LogP contribution in [0.3, 0.4) is 0 Å². The number of fused-ring (bicyclic) bond motifs is 1. The average Bonchev–Trinajstić information content (AvgIpc) is 2.53. The van der Waals surface area contributed by atoms with Gasteiger partial charge in [-0.25, -0.2) is 4.98 Å². The fourth-order valence-electron chi connectivity index (χ4n) is 1.12. The van der Waals surface area contributed by atoms with Gasteiger partial charge in [-0.3, -0.25) is 9.36 Å². The monoisotopic (exact) mass is 180 g/mol. The van der Waals surface area contributed by atoms with Crippen molar-refractivity contribution in [3.8, 4) is 0 Å². The molecule has 0 bridgehead atoms. The van der Waals surface area contributed by atoms with Crippen molar-refractivity contribution in [3.63, 3.8) is 0 Å². The number of nitrogens with zero attached hydrogens (tertiary/aromatic N) is 2. The molecule has 2 aromatic heterocycles. The number of rotatable bonds is 1. The molecule has 0 spiro atoms. The Balaban J connectivity index is 2.88. The van der Waals surface area contributed by atoms with Crippen LogP contribution < -0.4 is 5.56 Å². The molecule has 0 aliphatic rings. The van der Waals surface area contributed by atoms with Crippen LogP contribution in [0.1, 0.15) is 6.92 Å². The highest BCUT2D eigenvalue weighted by Gasteiger charge is 2.02. The molecule has 62 valence electrons. The SMILES string of the molecule is CCn1cnc2sccc2c1=O. The normalized spacial score (nSPS) is 10.8. The zero-order chi connectivity index (χ0) is 8.55. The second-order valence-corrected chi connectivity index (χ2v) is 3.37. The lowest BCUT2D eigenvalue weighted by Crippen LogP contribution is -2.18. The van der Waals surface area contributed by atoms with E-state index < -0.39 is 0 Å². The molecule has 2 rings (SSSR count). The van der Waals surface area contributed by atoms with Crippen LogP contribution in [-0.4, -0.2) is 9.55 Å². The van der Waals surface area contributed by atoms with Gasteiger partial charge in [0, 0.05) is 6.54 Å². The zero-order valence-corrected chi connectivity index (χ0v) is 7.47. The predicted molar refractivity (Wildman–Crippen MR) is 49.6 cm³/mol. The van der Waals surface area contributed by atoms with Gasteiger partial charge in [-0.1, -0.05) is 0 Å². The Morgan fingerprint density at radius 1 is 1.67 bits per heavy atom. The number of aryl methyl sites for hydroxylation is 1. The van der Waals surface area contributed by atoms with Gasteiger partial charge >= 0.3 is 0 Å². The Morgan fingerprint density at radius 3 is 3.25 bits per heavy atom. The molecule has 12 heavy (non-hydrogen) atoms. The summed E-state index contributed by atoms with van der Waals surface area (Å²) in [4.78, 5) is 16.5. The maximum atomic E-state index is 11.6. The number of thiophene rings is 1. The summed E-state index contributed by atoms with van der Waals surface area (Å²) in [6.07, 6.45) is 1.60. The van der Waals surface area contributed by atoms with Gasteiger partial charge in [-0.05, 0) is 18.4 Å². The van der Waals surface area contributed by atoms with Gasteiger partial charge in [-0.15, -0.1) is 11.3 Å². The number of hydrogen-bond acceptors (Lipinski definition) is 3. The second kappa shape index (κ2) is 2.71. The summed E-state index contributed by atoms with van der Waals surface area (Å²) in [6.45, 7) is 2.61. The third-order valence-electron chi connectivity index (χ3n) is 1.79. The lowest BCUT2D eigenvalue weighted by molar-refractivity contribution is 0.718. The molecule has 0 aliphatic heterocycles. The molecule has 0 saturated heterocycles. The highest BCUT2D eigenvalue weighted by atomic mass is 32.1. The topological polar surface area (TPSA) is 34.9 Å². The van der Waals surface area contributed by atoms with Crippen LogP contribution in [0.25, 0.3) is 10.2 Å². The van der Waals surface area contributed by atoms with Crippen molar-refractivity contribution in [1.82, 2.24) is 9.55 Å². The molecule has 2 heterocycles. The van der Waals surface area contributed by atoms with Crippen LogP contribution in [-0.2, 0) is 6.54 Å². The molecule has 0 atom stereocenters. The van der Waals surface area contributed by atoms with E-state index in [4.69, 9.17) is 0 Å². The van der Waals surface area contributed by atoms with Crippen LogP contribution >= 0.6 is 11.3 Å². The van der Waals surface area contributed by atoms with Crippen LogP contribution in [0.2, 0.25) is 0 Å². The van der Waals surface area contributed by atoms with E-state index in [1.54, 1.807) is 10.9 Å². The first kappa shape index (κ1) is 7.49. The summed E-state index contributed by atoms with van der Waals surface area (Å²) in [7, 11) is 0. The summed E-state index contributed by atoms with van der Waals surface area (Å²) in [6, 6.07) is 1.82. The third kappa shape index (κ3) is 0.956. The Hall–Kier alpha value is -1.16. The van der Waals surface area contributed by atoms with E-state index in [1.165, 1.54) is 11.3 Å². The van der Waals surface area contributed by atoms with E-state index in [0.29, 0.717) is 6.54 Å². The van der Waals surface area contributed by atoms with E-state index in [-0.39, 0.29) is 5.56 Å². The first-order valence-corrected chi connectivity index (χ1v) is 4.63. The van der Waals surface area contributed by atoms with Crippen LogP contribution in [0, 0.1) is 0 Å². The molecule has 0 amide bonds. The largest absolute Gasteiger partial charge is 0.299 e. The van der Waals surface area contributed by atoms with Crippen molar-refractivity contribution >= 4 is 21.6 Å². The Kier molecular flexibility index (Phi) is 1.69. The first-order chi connectivity index (χ1) is 5.83. The minimum atomic E-state index is 0.0590. The summed E-state index contributed by atoms with van der Waals surface area (Å²) < 4.78 is 1.61. The molecular weight excluding hydrogens is 172 g/mol. The minimum Gasteiger partial charge on any atom is -0.299 e. The summed E-state index contributed by atoms with van der Waals surface area (Å²) in [5.74, 6) is 0. The molecule has 0 N–H and O–H groups in total. The average molecular weight is 180 g/mol. The molecule has 0 aromatic carbocycles. The smallest absolute Gasteiger partial charge is 0.262 e. The molecule has 0 saturated carbocycles. The van der Waals surface area contributed by atoms with E-state index in [9.17, 15) is 4.79 Å².